The standard InChI is InChI=1S/C17H15ClN4O/c18-14-9-5-4-8-13(14)11-19-22-17-20-15(10-16(23)21-17)12-6-2-1-3-7-12/h1-9,11,15H,10H2,(H2,20,21,22,23). The number of hydrogen-bond donors (Lipinski definition) is 2. The van der Waals surface area contributed by atoms with Gasteiger partial charge in [-0.05, 0) is 11.6 Å². The zero-order valence-corrected chi connectivity index (χ0v) is 13.0. The molecule has 23 heavy (non-hydrogen) atoms. The van der Waals surface area contributed by atoms with E-state index in [0.29, 0.717) is 17.4 Å². The molecule has 2 aromatic rings. The Morgan fingerprint density at radius 2 is 1.91 bits per heavy atom. The van der Waals surface area contributed by atoms with Crippen molar-refractivity contribution in [3.05, 3.63) is 70.7 Å². The Labute approximate surface area is 139 Å². The van der Waals surface area contributed by atoms with Crippen LogP contribution in [0.25, 0.3) is 0 Å². The Kier molecular flexibility index (Phi) is 4.68. The molecule has 1 aliphatic rings. The third kappa shape index (κ3) is 3.96. The summed E-state index contributed by atoms with van der Waals surface area (Å²) in [5.41, 5.74) is 4.53. The number of hydrogen-bond acceptors (Lipinski definition) is 4. The highest BCUT2D eigenvalue weighted by molar-refractivity contribution is 6.33. The van der Waals surface area contributed by atoms with Gasteiger partial charge >= 0.3 is 0 Å². The number of aliphatic imine (C=N–C) groups is 1. The van der Waals surface area contributed by atoms with Crippen LogP contribution < -0.4 is 10.7 Å². The molecule has 6 heteroatoms. The van der Waals surface area contributed by atoms with Gasteiger partial charge in [-0.2, -0.15) is 5.10 Å². The largest absolute Gasteiger partial charge is 0.295 e. The molecule has 0 aliphatic carbocycles. The zero-order chi connectivity index (χ0) is 16.1. The van der Waals surface area contributed by atoms with Gasteiger partial charge in [-0.25, -0.2) is 10.4 Å². The van der Waals surface area contributed by atoms with Crippen LogP contribution in [0.5, 0.6) is 0 Å². The van der Waals surface area contributed by atoms with E-state index in [1.807, 2.05) is 48.5 Å². The molecule has 0 radical (unpaired) electrons. The average Bonchev–Trinajstić information content (AvgIpc) is 2.57. The van der Waals surface area contributed by atoms with Gasteiger partial charge in [-0.1, -0.05) is 60.1 Å². The van der Waals surface area contributed by atoms with E-state index in [2.05, 4.69) is 20.8 Å². The predicted octanol–water partition coefficient (Wildman–Crippen LogP) is 2.88. The van der Waals surface area contributed by atoms with E-state index in [4.69, 9.17) is 11.6 Å². The molecule has 3 rings (SSSR count). The number of hydrazone groups is 1. The van der Waals surface area contributed by atoms with Crippen molar-refractivity contribution in [2.75, 3.05) is 0 Å². The van der Waals surface area contributed by atoms with Gasteiger partial charge in [0.05, 0.1) is 18.7 Å². The molecule has 1 aliphatic heterocycles. The third-order valence-electron chi connectivity index (χ3n) is 3.39. The van der Waals surface area contributed by atoms with Crippen LogP contribution in [0.15, 0.2) is 64.7 Å². The molecular weight excluding hydrogens is 312 g/mol. The summed E-state index contributed by atoms with van der Waals surface area (Å²) in [5.74, 6) is 0.239. The van der Waals surface area contributed by atoms with Crippen molar-refractivity contribution in [3.8, 4) is 0 Å². The van der Waals surface area contributed by atoms with Crippen molar-refractivity contribution in [1.82, 2.24) is 10.7 Å². The molecular formula is C17H15ClN4O. The monoisotopic (exact) mass is 326 g/mol. The molecule has 5 nitrogen and oxygen atoms in total. The fourth-order valence-electron chi connectivity index (χ4n) is 2.26. The Hall–Kier alpha value is -2.66. The number of halogens is 1. The van der Waals surface area contributed by atoms with Crippen molar-refractivity contribution in [2.45, 2.75) is 12.5 Å². The topological polar surface area (TPSA) is 65.8 Å². The molecule has 116 valence electrons. The first-order valence-corrected chi connectivity index (χ1v) is 7.56. The first-order chi connectivity index (χ1) is 11.2. The van der Waals surface area contributed by atoms with Gasteiger partial charge in [0.2, 0.25) is 11.9 Å². The zero-order valence-electron chi connectivity index (χ0n) is 12.2. The summed E-state index contributed by atoms with van der Waals surface area (Å²) in [6.45, 7) is 0. The van der Waals surface area contributed by atoms with E-state index in [0.717, 1.165) is 11.1 Å². The van der Waals surface area contributed by atoms with E-state index in [9.17, 15) is 4.79 Å². The molecule has 0 saturated carbocycles. The SMILES string of the molecule is O=C1CC(c2ccccc2)N=C(NN=Cc2ccccc2Cl)N1. The number of rotatable bonds is 3. The fraction of sp³-hybridized carbons (Fsp3) is 0.118. The normalized spacial score (nSPS) is 17.7. The van der Waals surface area contributed by atoms with E-state index >= 15 is 0 Å². The average molecular weight is 327 g/mol. The number of carbonyl (C=O) groups excluding carboxylic acids is 1. The Bertz CT molecular complexity index is 758. The molecule has 2 aromatic carbocycles. The van der Waals surface area contributed by atoms with Crippen LogP contribution in [-0.2, 0) is 4.79 Å². The lowest BCUT2D eigenvalue weighted by atomic mass is 10.0. The third-order valence-corrected chi connectivity index (χ3v) is 3.73. The van der Waals surface area contributed by atoms with Gasteiger partial charge < -0.3 is 0 Å². The maximum absolute atomic E-state index is 11.8. The van der Waals surface area contributed by atoms with Crippen LogP contribution in [0.2, 0.25) is 5.02 Å². The molecule has 0 fully saturated rings. The van der Waals surface area contributed by atoms with Crippen LogP contribution in [0.4, 0.5) is 0 Å². The highest BCUT2D eigenvalue weighted by Gasteiger charge is 2.21. The minimum Gasteiger partial charge on any atom is -0.295 e. The van der Waals surface area contributed by atoms with Gasteiger partial charge in [0.15, 0.2) is 0 Å². The quantitative estimate of drug-likeness (QED) is 0.673. The van der Waals surface area contributed by atoms with Crippen LogP contribution in [-0.4, -0.2) is 18.1 Å². The van der Waals surface area contributed by atoms with E-state index in [1.165, 1.54) is 0 Å². The number of amides is 1. The first kappa shape index (κ1) is 15.2. The van der Waals surface area contributed by atoms with Gasteiger partial charge in [0.1, 0.15) is 0 Å². The van der Waals surface area contributed by atoms with Crippen LogP contribution in [0, 0.1) is 0 Å². The molecule has 1 heterocycles. The van der Waals surface area contributed by atoms with Crippen molar-refractivity contribution in [3.63, 3.8) is 0 Å². The van der Waals surface area contributed by atoms with Gasteiger partial charge in [0.25, 0.3) is 0 Å². The Morgan fingerprint density at radius 1 is 1.17 bits per heavy atom. The van der Waals surface area contributed by atoms with Crippen molar-refractivity contribution < 1.29 is 4.79 Å². The summed E-state index contributed by atoms with van der Waals surface area (Å²) in [6, 6.07) is 16.9. The predicted molar refractivity (Wildman–Crippen MR) is 91.6 cm³/mol. The molecule has 1 amide bonds. The second kappa shape index (κ2) is 7.07. The molecule has 0 bridgehead atoms. The molecule has 1 unspecified atom stereocenters. The van der Waals surface area contributed by atoms with E-state index in [1.54, 1.807) is 12.3 Å². The first-order valence-electron chi connectivity index (χ1n) is 7.18. The molecule has 2 N–H and O–H groups in total. The van der Waals surface area contributed by atoms with Gasteiger partial charge in [-0.3, -0.25) is 10.1 Å². The molecule has 0 spiro atoms. The van der Waals surface area contributed by atoms with Gasteiger partial charge in [0, 0.05) is 10.6 Å². The van der Waals surface area contributed by atoms with E-state index < -0.39 is 0 Å². The highest BCUT2D eigenvalue weighted by atomic mass is 35.5. The van der Waals surface area contributed by atoms with Crippen molar-refractivity contribution in [1.29, 1.82) is 0 Å². The second-order valence-electron chi connectivity index (χ2n) is 5.05. The van der Waals surface area contributed by atoms with Gasteiger partial charge in [-0.15, -0.1) is 0 Å². The molecule has 1 atom stereocenters. The van der Waals surface area contributed by atoms with Crippen LogP contribution >= 0.6 is 11.6 Å². The lowest BCUT2D eigenvalue weighted by Crippen LogP contribution is -2.42. The fourth-order valence-corrected chi connectivity index (χ4v) is 2.44. The summed E-state index contributed by atoms with van der Waals surface area (Å²) in [6.07, 6.45) is 1.91. The van der Waals surface area contributed by atoms with E-state index in [-0.39, 0.29) is 11.9 Å². The summed E-state index contributed by atoms with van der Waals surface area (Å²) in [5, 5.41) is 7.36. The summed E-state index contributed by atoms with van der Waals surface area (Å²) < 4.78 is 0. The van der Waals surface area contributed by atoms with Crippen LogP contribution in [0.1, 0.15) is 23.6 Å². The number of benzene rings is 2. The summed E-state index contributed by atoms with van der Waals surface area (Å²) >= 11 is 6.05. The maximum atomic E-state index is 11.8. The minimum atomic E-state index is -0.206. The number of nitrogens with zero attached hydrogens (tertiary/aromatic N) is 2. The smallest absolute Gasteiger partial charge is 0.229 e. The minimum absolute atomic E-state index is 0.0932. The van der Waals surface area contributed by atoms with Crippen LogP contribution in [0.3, 0.4) is 0 Å². The number of guanidine groups is 1. The number of carbonyl (C=O) groups is 1. The molecule has 0 aromatic heterocycles. The lowest BCUT2D eigenvalue weighted by molar-refractivity contribution is -0.120. The highest BCUT2D eigenvalue weighted by Crippen LogP contribution is 2.22. The number of nitrogens with one attached hydrogen (secondary N) is 2. The van der Waals surface area contributed by atoms with Crippen molar-refractivity contribution >= 4 is 29.7 Å². The summed E-state index contributed by atoms with van der Waals surface area (Å²) in [7, 11) is 0. The maximum Gasteiger partial charge on any atom is 0.229 e. The molecule has 0 saturated heterocycles. The summed E-state index contributed by atoms with van der Waals surface area (Å²) in [4.78, 5) is 16.3. The second-order valence-corrected chi connectivity index (χ2v) is 5.46. The van der Waals surface area contributed by atoms with Crippen molar-refractivity contribution in [2.24, 2.45) is 10.1 Å². The lowest BCUT2D eigenvalue weighted by Gasteiger charge is -2.20. The Morgan fingerprint density at radius 3 is 2.70 bits per heavy atom. The Balaban J connectivity index is 1.73.